The third-order valence-electron chi connectivity index (χ3n) is 4.43. The molecule has 0 aliphatic heterocycles. The Morgan fingerprint density at radius 1 is 1.41 bits per heavy atom. The molecule has 1 N–H and O–H groups in total. The van der Waals surface area contributed by atoms with Crippen molar-refractivity contribution in [1.29, 1.82) is 0 Å². The number of thioether (sulfide) groups is 1. The second kappa shape index (κ2) is 8.58. The number of benzene rings is 1. The first-order chi connectivity index (χ1) is 13.1. The number of carboxylic acid groups (broad SMARTS) is 1. The first-order valence-corrected chi connectivity index (χ1v) is 9.82. The molecule has 2 heterocycles. The molecule has 3 rings (SSSR count). The number of aromatic amines is 1. The molecule has 0 spiro atoms. The zero-order chi connectivity index (χ0) is 19.4. The van der Waals surface area contributed by atoms with Gasteiger partial charge in [0.15, 0.2) is 5.16 Å². The SMILES string of the molecule is CCCC[C@@H](Sc1nc2c([nH]c3ccccc32)c(=O)n1CCOC)C(=O)[O-]. The molecule has 0 fully saturated rings. The first-order valence-electron chi connectivity index (χ1n) is 8.94. The van der Waals surface area contributed by atoms with Gasteiger partial charge < -0.3 is 19.6 Å². The lowest BCUT2D eigenvalue weighted by atomic mass is 10.2. The molecule has 0 saturated carbocycles. The number of hydrogen-bond donors (Lipinski definition) is 1. The van der Waals surface area contributed by atoms with Crippen LogP contribution in [0.25, 0.3) is 21.9 Å². The van der Waals surface area contributed by atoms with Gasteiger partial charge in [-0.25, -0.2) is 4.98 Å². The van der Waals surface area contributed by atoms with E-state index in [2.05, 4.69) is 9.97 Å². The summed E-state index contributed by atoms with van der Waals surface area (Å²) in [5.74, 6) is -1.14. The van der Waals surface area contributed by atoms with Crippen LogP contribution in [-0.2, 0) is 16.1 Å². The van der Waals surface area contributed by atoms with Crippen molar-refractivity contribution in [1.82, 2.24) is 14.5 Å². The Balaban J connectivity index is 2.14. The predicted octanol–water partition coefficient (Wildman–Crippen LogP) is 1.92. The average molecular weight is 388 g/mol. The second-order valence-electron chi connectivity index (χ2n) is 6.31. The predicted molar refractivity (Wildman–Crippen MR) is 104 cm³/mol. The molecule has 0 amide bonds. The Morgan fingerprint density at radius 3 is 2.89 bits per heavy atom. The minimum atomic E-state index is -1.14. The van der Waals surface area contributed by atoms with Gasteiger partial charge in [0.05, 0.1) is 24.4 Å². The number of hydrogen-bond acceptors (Lipinski definition) is 6. The Bertz CT molecular complexity index is 1010. The van der Waals surface area contributed by atoms with E-state index >= 15 is 0 Å². The van der Waals surface area contributed by atoms with Gasteiger partial charge in [-0.05, 0) is 12.5 Å². The molecule has 2 aromatic heterocycles. The fourth-order valence-corrected chi connectivity index (χ4v) is 4.07. The van der Waals surface area contributed by atoms with Gasteiger partial charge in [0.25, 0.3) is 5.56 Å². The third kappa shape index (κ3) is 4.01. The van der Waals surface area contributed by atoms with Crippen molar-refractivity contribution in [3.05, 3.63) is 34.6 Å². The number of fused-ring (bicyclic) bond motifs is 3. The summed E-state index contributed by atoms with van der Waals surface area (Å²) in [4.78, 5) is 32.4. The number of carbonyl (C=O) groups is 1. The van der Waals surface area contributed by atoms with Crippen molar-refractivity contribution < 1.29 is 14.6 Å². The van der Waals surface area contributed by atoms with Crippen molar-refractivity contribution >= 4 is 39.7 Å². The van der Waals surface area contributed by atoms with Gasteiger partial charge in [0, 0.05) is 18.0 Å². The van der Waals surface area contributed by atoms with Crippen LogP contribution >= 0.6 is 11.8 Å². The van der Waals surface area contributed by atoms with Crippen molar-refractivity contribution in [2.24, 2.45) is 0 Å². The Labute approximate surface area is 160 Å². The van der Waals surface area contributed by atoms with Gasteiger partial charge >= 0.3 is 0 Å². The van der Waals surface area contributed by atoms with E-state index in [1.807, 2.05) is 31.2 Å². The number of carboxylic acids is 1. The summed E-state index contributed by atoms with van der Waals surface area (Å²) in [6.07, 6.45) is 2.12. The van der Waals surface area contributed by atoms with E-state index in [0.717, 1.165) is 35.5 Å². The van der Waals surface area contributed by atoms with Crippen molar-refractivity contribution in [2.45, 2.75) is 43.1 Å². The number of nitrogens with one attached hydrogen (secondary N) is 1. The van der Waals surface area contributed by atoms with Crippen molar-refractivity contribution in [3.8, 4) is 0 Å². The molecular weight excluding hydrogens is 366 g/mol. The summed E-state index contributed by atoms with van der Waals surface area (Å²) < 4.78 is 6.59. The highest BCUT2D eigenvalue weighted by Crippen LogP contribution is 2.28. The molecule has 0 aliphatic rings. The molecule has 1 aromatic carbocycles. The number of aliphatic carboxylic acids is 1. The van der Waals surface area contributed by atoms with E-state index in [1.165, 1.54) is 4.57 Å². The number of aromatic nitrogens is 3. The van der Waals surface area contributed by atoms with Crippen LogP contribution in [0.15, 0.2) is 34.2 Å². The van der Waals surface area contributed by atoms with Gasteiger partial charge in [0.2, 0.25) is 0 Å². The third-order valence-corrected chi connectivity index (χ3v) is 5.66. The number of nitrogens with zero attached hydrogens (tertiary/aromatic N) is 2. The minimum absolute atomic E-state index is 0.233. The highest BCUT2D eigenvalue weighted by Gasteiger charge is 2.20. The van der Waals surface area contributed by atoms with E-state index in [0.29, 0.717) is 35.8 Å². The normalized spacial score (nSPS) is 12.7. The Hall–Kier alpha value is -2.32. The Kier molecular flexibility index (Phi) is 6.18. The van der Waals surface area contributed by atoms with E-state index in [1.54, 1.807) is 7.11 Å². The van der Waals surface area contributed by atoms with Crippen LogP contribution in [0.3, 0.4) is 0 Å². The van der Waals surface area contributed by atoms with Crippen LogP contribution < -0.4 is 10.7 Å². The molecule has 0 aliphatic carbocycles. The molecule has 3 aromatic rings. The van der Waals surface area contributed by atoms with Gasteiger partial charge in [0.1, 0.15) is 11.0 Å². The molecule has 8 heteroatoms. The number of para-hydroxylation sites is 1. The second-order valence-corrected chi connectivity index (χ2v) is 7.48. The molecule has 1 atom stereocenters. The van der Waals surface area contributed by atoms with Crippen molar-refractivity contribution in [3.63, 3.8) is 0 Å². The number of rotatable bonds is 9. The number of H-pyrrole nitrogens is 1. The summed E-state index contributed by atoms with van der Waals surface area (Å²) in [5.41, 5.74) is 1.55. The molecular formula is C19H22N3O4S-. The van der Waals surface area contributed by atoms with Crippen LogP contribution in [0.2, 0.25) is 0 Å². The molecule has 144 valence electrons. The molecule has 0 saturated heterocycles. The maximum atomic E-state index is 13.0. The van der Waals surface area contributed by atoms with E-state index in [9.17, 15) is 14.7 Å². The topological polar surface area (TPSA) is 100 Å². The maximum absolute atomic E-state index is 13.0. The molecule has 0 unspecified atom stereocenters. The summed E-state index contributed by atoms with van der Waals surface area (Å²) >= 11 is 1.08. The summed E-state index contributed by atoms with van der Waals surface area (Å²) in [5, 5.41) is 12.0. The Morgan fingerprint density at radius 2 is 2.19 bits per heavy atom. The van der Waals surface area contributed by atoms with Crippen LogP contribution in [-0.4, -0.2) is 39.5 Å². The van der Waals surface area contributed by atoms with E-state index < -0.39 is 11.2 Å². The zero-order valence-corrected chi connectivity index (χ0v) is 16.2. The lowest BCUT2D eigenvalue weighted by Crippen LogP contribution is -2.34. The lowest BCUT2D eigenvalue weighted by molar-refractivity contribution is -0.304. The highest BCUT2D eigenvalue weighted by atomic mass is 32.2. The van der Waals surface area contributed by atoms with Crippen LogP contribution in [0.1, 0.15) is 26.2 Å². The number of ether oxygens (including phenoxy) is 1. The minimum Gasteiger partial charge on any atom is -0.549 e. The monoisotopic (exact) mass is 388 g/mol. The molecule has 7 nitrogen and oxygen atoms in total. The van der Waals surface area contributed by atoms with Gasteiger partial charge in [-0.1, -0.05) is 49.7 Å². The first kappa shape index (κ1) is 19.4. The summed E-state index contributed by atoms with van der Waals surface area (Å²) in [6.45, 7) is 2.62. The fraction of sp³-hybridized carbons (Fsp3) is 0.421. The smallest absolute Gasteiger partial charge is 0.278 e. The molecule has 0 radical (unpaired) electrons. The zero-order valence-electron chi connectivity index (χ0n) is 15.4. The summed E-state index contributed by atoms with van der Waals surface area (Å²) in [7, 11) is 1.55. The largest absolute Gasteiger partial charge is 0.549 e. The molecule has 0 bridgehead atoms. The number of carbonyl (C=O) groups excluding carboxylic acids is 1. The van der Waals surface area contributed by atoms with Gasteiger partial charge in [-0.2, -0.15) is 0 Å². The maximum Gasteiger partial charge on any atom is 0.278 e. The molecule has 27 heavy (non-hydrogen) atoms. The van der Waals surface area contributed by atoms with Crippen LogP contribution in [0.5, 0.6) is 0 Å². The van der Waals surface area contributed by atoms with Gasteiger partial charge in [-0.3, -0.25) is 9.36 Å². The van der Waals surface area contributed by atoms with Crippen LogP contribution in [0.4, 0.5) is 0 Å². The average Bonchev–Trinajstić information content (AvgIpc) is 3.03. The number of unbranched alkanes of at least 4 members (excludes halogenated alkanes) is 1. The lowest BCUT2D eigenvalue weighted by Gasteiger charge is -2.19. The van der Waals surface area contributed by atoms with Crippen molar-refractivity contribution in [2.75, 3.05) is 13.7 Å². The van der Waals surface area contributed by atoms with E-state index in [4.69, 9.17) is 4.74 Å². The van der Waals surface area contributed by atoms with Gasteiger partial charge in [-0.15, -0.1) is 0 Å². The summed E-state index contributed by atoms with van der Waals surface area (Å²) in [6, 6.07) is 7.54. The fourth-order valence-electron chi connectivity index (χ4n) is 2.99. The highest BCUT2D eigenvalue weighted by molar-refractivity contribution is 8.00. The standard InChI is InChI=1S/C19H23N3O4S/c1-3-4-9-14(18(24)25)27-19-21-15-12-7-5-6-8-13(12)20-16(15)17(23)22(19)10-11-26-2/h5-8,14,20H,3-4,9-11H2,1-2H3,(H,24,25)/p-1/t14-/m1/s1. The van der Waals surface area contributed by atoms with E-state index in [-0.39, 0.29) is 5.56 Å². The quantitative estimate of drug-likeness (QED) is 0.444. The van der Waals surface area contributed by atoms with Crippen LogP contribution in [0, 0.1) is 0 Å². The number of methoxy groups -OCH3 is 1.